The van der Waals surface area contributed by atoms with Crippen LogP contribution in [0.2, 0.25) is 0 Å². The van der Waals surface area contributed by atoms with E-state index in [2.05, 4.69) is 36.5 Å². The van der Waals surface area contributed by atoms with Crippen LogP contribution in [0.3, 0.4) is 0 Å². The van der Waals surface area contributed by atoms with Crippen molar-refractivity contribution in [3.8, 4) is 6.07 Å². The molecule has 0 unspecified atom stereocenters. The van der Waals surface area contributed by atoms with Gasteiger partial charge in [0.2, 0.25) is 0 Å². The zero-order chi connectivity index (χ0) is 14.8. The number of nitrogen functional groups attached to an aromatic ring is 1. The third kappa shape index (κ3) is 2.52. The number of aryl methyl sites for hydroxylation is 1. The largest absolute Gasteiger partial charge is 0.397 e. The number of anilines is 3. The molecule has 3 heteroatoms. The number of rotatable bonds is 2. The second-order valence-electron chi connectivity index (χ2n) is 5.07. The van der Waals surface area contributed by atoms with Crippen molar-refractivity contribution in [1.82, 2.24) is 0 Å². The van der Waals surface area contributed by atoms with E-state index < -0.39 is 0 Å². The third-order valence-corrected chi connectivity index (χ3v) is 3.49. The smallest absolute Gasteiger partial charge is 0.0992 e. The van der Waals surface area contributed by atoms with Crippen LogP contribution in [-0.2, 0) is 0 Å². The first kappa shape index (κ1) is 13.0. The third-order valence-electron chi connectivity index (χ3n) is 3.49. The van der Waals surface area contributed by atoms with Gasteiger partial charge in [0, 0.05) is 11.1 Å². The van der Waals surface area contributed by atoms with Gasteiger partial charge in [-0.25, -0.2) is 0 Å². The standard InChI is InChI=1S/C18H15N3/c1-12-5-6-14-7-8-17(18(20)16(14)9-12)21-15-4-2-3-13(10-15)11-19/h2-10,21H,20H2,1H3. The summed E-state index contributed by atoms with van der Waals surface area (Å²) in [5, 5.41) is 14.4. The second-order valence-corrected chi connectivity index (χ2v) is 5.07. The average Bonchev–Trinajstić information content (AvgIpc) is 2.51. The molecule has 3 rings (SSSR count). The van der Waals surface area contributed by atoms with Gasteiger partial charge in [-0.1, -0.05) is 29.8 Å². The van der Waals surface area contributed by atoms with Crippen LogP contribution in [0.1, 0.15) is 11.1 Å². The molecule has 0 aliphatic carbocycles. The van der Waals surface area contributed by atoms with Crippen molar-refractivity contribution in [2.45, 2.75) is 6.92 Å². The van der Waals surface area contributed by atoms with E-state index in [1.165, 1.54) is 5.56 Å². The van der Waals surface area contributed by atoms with Gasteiger partial charge in [-0.05, 0) is 42.6 Å². The molecule has 3 nitrogen and oxygen atoms in total. The summed E-state index contributed by atoms with van der Waals surface area (Å²) in [6.07, 6.45) is 0. The minimum atomic E-state index is 0.621. The van der Waals surface area contributed by atoms with Gasteiger partial charge in [-0.3, -0.25) is 0 Å². The number of nitrogens with zero attached hydrogens (tertiary/aromatic N) is 1. The molecule has 0 aromatic heterocycles. The minimum Gasteiger partial charge on any atom is -0.397 e. The fourth-order valence-corrected chi connectivity index (χ4v) is 2.39. The summed E-state index contributed by atoms with van der Waals surface area (Å²) in [5.74, 6) is 0. The number of nitrogens with one attached hydrogen (secondary N) is 1. The first-order chi connectivity index (χ1) is 10.2. The molecule has 0 fully saturated rings. The first-order valence-electron chi connectivity index (χ1n) is 6.73. The lowest BCUT2D eigenvalue weighted by Crippen LogP contribution is -1.97. The highest BCUT2D eigenvalue weighted by molar-refractivity contribution is 6.00. The maximum Gasteiger partial charge on any atom is 0.0992 e. The molecule has 0 aliphatic rings. The van der Waals surface area contributed by atoms with Crippen molar-refractivity contribution >= 4 is 27.8 Å². The van der Waals surface area contributed by atoms with Gasteiger partial charge in [0.1, 0.15) is 0 Å². The Morgan fingerprint density at radius 3 is 2.67 bits per heavy atom. The first-order valence-corrected chi connectivity index (χ1v) is 6.73. The number of nitriles is 1. The van der Waals surface area contributed by atoms with E-state index in [1.54, 1.807) is 12.1 Å². The normalized spacial score (nSPS) is 10.3. The number of nitrogens with two attached hydrogens (primary N) is 1. The SMILES string of the molecule is Cc1ccc2ccc(Nc3cccc(C#N)c3)c(N)c2c1. The molecule has 0 saturated heterocycles. The lowest BCUT2D eigenvalue weighted by molar-refractivity contribution is 1.47. The number of benzene rings is 3. The highest BCUT2D eigenvalue weighted by atomic mass is 14.9. The fourth-order valence-electron chi connectivity index (χ4n) is 2.39. The van der Waals surface area contributed by atoms with Crippen molar-refractivity contribution in [3.05, 3.63) is 65.7 Å². The molecular formula is C18H15N3. The Balaban J connectivity index is 2.04. The van der Waals surface area contributed by atoms with Crippen LogP contribution in [-0.4, -0.2) is 0 Å². The minimum absolute atomic E-state index is 0.621. The number of hydrogen-bond donors (Lipinski definition) is 2. The lowest BCUT2D eigenvalue weighted by atomic mass is 10.0. The van der Waals surface area contributed by atoms with Gasteiger partial charge < -0.3 is 11.1 Å². The molecule has 0 spiro atoms. The quantitative estimate of drug-likeness (QED) is 0.682. The Morgan fingerprint density at radius 2 is 1.86 bits per heavy atom. The molecule has 0 saturated carbocycles. The molecule has 21 heavy (non-hydrogen) atoms. The molecule has 102 valence electrons. The van der Waals surface area contributed by atoms with Gasteiger partial charge in [-0.2, -0.15) is 5.26 Å². The Hall–Kier alpha value is -2.99. The molecule has 0 heterocycles. The molecular weight excluding hydrogens is 258 g/mol. The highest BCUT2D eigenvalue weighted by Crippen LogP contribution is 2.31. The Morgan fingerprint density at radius 1 is 1.05 bits per heavy atom. The molecule has 3 N–H and O–H groups in total. The summed E-state index contributed by atoms with van der Waals surface area (Å²) in [6, 6.07) is 19.7. The summed E-state index contributed by atoms with van der Waals surface area (Å²) in [7, 11) is 0. The summed E-state index contributed by atoms with van der Waals surface area (Å²) in [6.45, 7) is 2.05. The molecule has 0 bridgehead atoms. The van der Waals surface area contributed by atoms with E-state index in [0.29, 0.717) is 5.56 Å². The van der Waals surface area contributed by atoms with Gasteiger partial charge in [0.05, 0.1) is 23.0 Å². The number of hydrogen-bond acceptors (Lipinski definition) is 3. The summed E-state index contributed by atoms with van der Waals surface area (Å²) in [4.78, 5) is 0. The predicted octanol–water partition coefficient (Wildman–Crippen LogP) is 4.35. The van der Waals surface area contributed by atoms with Crippen LogP contribution in [0.15, 0.2) is 54.6 Å². The Bertz CT molecular complexity index is 860. The average molecular weight is 273 g/mol. The van der Waals surface area contributed by atoms with E-state index >= 15 is 0 Å². The van der Waals surface area contributed by atoms with Crippen LogP contribution in [0, 0.1) is 18.3 Å². The topological polar surface area (TPSA) is 61.8 Å². The van der Waals surface area contributed by atoms with Gasteiger partial charge >= 0.3 is 0 Å². The van der Waals surface area contributed by atoms with Crippen LogP contribution in [0.25, 0.3) is 10.8 Å². The van der Waals surface area contributed by atoms with E-state index in [0.717, 1.165) is 27.8 Å². The predicted molar refractivity (Wildman–Crippen MR) is 87.5 cm³/mol. The van der Waals surface area contributed by atoms with Crippen LogP contribution < -0.4 is 11.1 Å². The van der Waals surface area contributed by atoms with E-state index in [-0.39, 0.29) is 0 Å². The molecule has 3 aromatic rings. The zero-order valence-electron chi connectivity index (χ0n) is 11.7. The van der Waals surface area contributed by atoms with Crippen molar-refractivity contribution in [3.63, 3.8) is 0 Å². The maximum absolute atomic E-state index is 8.95. The maximum atomic E-state index is 8.95. The number of fused-ring (bicyclic) bond motifs is 1. The summed E-state index contributed by atoms with van der Waals surface area (Å²) < 4.78 is 0. The molecule has 0 radical (unpaired) electrons. The van der Waals surface area contributed by atoms with Crippen molar-refractivity contribution in [1.29, 1.82) is 5.26 Å². The summed E-state index contributed by atoms with van der Waals surface area (Å²) >= 11 is 0. The van der Waals surface area contributed by atoms with Crippen molar-refractivity contribution in [2.75, 3.05) is 11.1 Å². The highest BCUT2D eigenvalue weighted by Gasteiger charge is 2.05. The fraction of sp³-hybridized carbons (Fsp3) is 0.0556. The second kappa shape index (κ2) is 5.18. The molecule has 0 atom stereocenters. The van der Waals surface area contributed by atoms with Crippen LogP contribution >= 0.6 is 0 Å². The Kier molecular flexibility index (Phi) is 3.21. The lowest BCUT2D eigenvalue weighted by Gasteiger charge is -2.12. The van der Waals surface area contributed by atoms with Crippen LogP contribution in [0.5, 0.6) is 0 Å². The Labute approximate surface area is 123 Å². The van der Waals surface area contributed by atoms with Crippen LogP contribution in [0.4, 0.5) is 17.1 Å². The van der Waals surface area contributed by atoms with E-state index in [1.807, 2.05) is 24.3 Å². The molecule has 3 aromatic carbocycles. The monoisotopic (exact) mass is 273 g/mol. The van der Waals surface area contributed by atoms with Gasteiger partial charge in [0.25, 0.3) is 0 Å². The summed E-state index contributed by atoms with van der Waals surface area (Å²) in [5.41, 5.74) is 10.5. The molecule has 0 amide bonds. The van der Waals surface area contributed by atoms with Crippen molar-refractivity contribution < 1.29 is 0 Å². The molecule has 0 aliphatic heterocycles. The van der Waals surface area contributed by atoms with Gasteiger partial charge in [-0.15, -0.1) is 0 Å². The zero-order valence-corrected chi connectivity index (χ0v) is 11.7. The van der Waals surface area contributed by atoms with Gasteiger partial charge in [0.15, 0.2) is 0 Å². The van der Waals surface area contributed by atoms with E-state index in [9.17, 15) is 0 Å². The van der Waals surface area contributed by atoms with E-state index in [4.69, 9.17) is 11.0 Å². The van der Waals surface area contributed by atoms with Crippen molar-refractivity contribution in [2.24, 2.45) is 0 Å².